The molecule has 0 fully saturated rings. The number of benzene rings is 2. The van der Waals surface area contributed by atoms with Crippen LogP contribution in [0.3, 0.4) is 0 Å². The minimum atomic E-state index is -1.26. The van der Waals surface area contributed by atoms with Gasteiger partial charge in [-0.15, -0.1) is 0 Å². The third kappa shape index (κ3) is 3.09. The average Bonchev–Trinajstić information content (AvgIpc) is 3.01. The molecule has 30 heavy (non-hydrogen) atoms. The summed E-state index contributed by atoms with van der Waals surface area (Å²) in [5, 5.41) is 0.956. The van der Waals surface area contributed by atoms with Crippen LogP contribution >= 0.6 is 23.2 Å². The second kappa shape index (κ2) is 7.49. The number of nitrogens with zero attached hydrogens (tertiary/aromatic N) is 3. The largest absolute Gasteiger partial charge is 0.440 e. The van der Waals surface area contributed by atoms with E-state index in [-0.39, 0.29) is 0 Å². The standard InChI is InChI=1S/C23H21Cl2N3O2/c1-27(2)14-5-7-18(20(24)11-14)23(17-9-10-26-13-16(17)22(29)30-23)19-8-6-15(28(3)4)12-21(19)25/h5-13H,1-4H3. The number of halogens is 2. The van der Waals surface area contributed by atoms with Gasteiger partial charge in [0.05, 0.1) is 15.6 Å². The average molecular weight is 442 g/mol. The second-order valence-electron chi connectivity index (χ2n) is 7.61. The summed E-state index contributed by atoms with van der Waals surface area (Å²) in [6.07, 6.45) is 3.16. The normalized spacial score (nSPS) is 14.3. The molecule has 2 heterocycles. The number of anilines is 2. The highest BCUT2D eigenvalue weighted by Gasteiger charge is 2.50. The first-order valence-corrected chi connectivity index (χ1v) is 10.1. The fraction of sp³-hybridized carbons (Fsp3) is 0.217. The zero-order valence-electron chi connectivity index (χ0n) is 17.1. The molecule has 0 radical (unpaired) electrons. The van der Waals surface area contributed by atoms with E-state index < -0.39 is 11.6 Å². The summed E-state index contributed by atoms with van der Waals surface area (Å²) in [5.41, 5.74) is 2.97. The van der Waals surface area contributed by atoms with E-state index in [0.29, 0.717) is 32.3 Å². The summed E-state index contributed by atoms with van der Waals surface area (Å²) in [7, 11) is 7.76. The van der Waals surface area contributed by atoms with Crippen LogP contribution in [0.15, 0.2) is 54.9 Å². The lowest BCUT2D eigenvalue weighted by molar-refractivity contribution is 0.0252. The summed E-state index contributed by atoms with van der Waals surface area (Å²) in [6.45, 7) is 0. The van der Waals surface area contributed by atoms with Crippen molar-refractivity contribution in [2.24, 2.45) is 0 Å². The van der Waals surface area contributed by atoms with E-state index in [2.05, 4.69) is 4.98 Å². The van der Waals surface area contributed by atoms with Crippen molar-refractivity contribution in [3.8, 4) is 0 Å². The summed E-state index contributed by atoms with van der Waals surface area (Å²) in [4.78, 5) is 20.9. The van der Waals surface area contributed by atoms with Crippen molar-refractivity contribution < 1.29 is 9.53 Å². The fourth-order valence-corrected chi connectivity index (χ4v) is 4.41. The van der Waals surface area contributed by atoms with Crippen LogP contribution in [0.1, 0.15) is 27.0 Å². The minimum absolute atomic E-state index is 0.401. The van der Waals surface area contributed by atoms with Gasteiger partial charge in [0.1, 0.15) is 0 Å². The van der Waals surface area contributed by atoms with Crippen molar-refractivity contribution in [2.75, 3.05) is 38.0 Å². The van der Waals surface area contributed by atoms with Gasteiger partial charge in [-0.1, -0.05) is 35.3 Å². The summed E-state index contributed by atoms with van der Waals surface area (Å²) < 4.78 is 6.08. The van der Waals surface area contributed by atoms with Crippen LogP contribution in [0.5, 0.6) is 0 Å². The Bertz CT molecular complexity index is 1090. The molecule has 5 nitrogen and oxygen atoms in total. The monoisotopic (exact) mass is 441 g/mol. The lowest BCUT2D eigenvalue weighted by Crippen LogP contribution is -2.30. The number of rotatable bonds is 4. The highest BCUT2D eigenvalue weighted by molar-refractivity contribution is 6.33. The number of hydrogen-bond donors (Lipinski definition) is 0. The molecule has 0 unspecified atom stereocenters. The van der Waals surface area contributed by atoms with E-state index in [1.165, 1.54) is 6.20 Å². The molecular weight excluding hydrogens is 421 g/mol. The molecule has 0 spiro atoms. The number of aromatic nitrogens is 1. The molecule has 0 saturated carbocycles. The van der Waals surface area contributed by atoms with Gasteiger partial charge in [0, 0.05) is 68.6 Å². The second-order valence-corrected chi connectivity index (χ2v) is 8.42. The highest BCUT2D eigenvalue weighted by Crippen LogP contribution is 2.51. The molecule has 0 N–H and O–H groups in total. The number of carbonyl (C=O) groups is 1. The molecule has 2 aromatic carbocycles. The number of hydrogen-bond acceptors (Lipinski definition) is 5. The fourth-order valence-electron chi connectivity index (χ4n) is 3.79. The first kappa shape index (κ1) is 20.5. The van der Waals surface area contributed by atoms with E-state index >= 15 is 0 Å². The van der Waals surface area contributed by atoms with Gasteiger partial charge >= 0.3 is 5.97 Å². The Hall–Kier alpha value is -2.76. The maximum Gasteiger partial charge on any atom is 0.341 e. The van der Waals surface area contributed by atoms with Crippen molar-refractivity contribution in [3.63, 3.8) is 0 Å². The highest BCUT2D eigenvalue weighted by atomic mass is 35.5. The van der Waals surface area contributed by atoms with Crippen LogP contribution in [0, 0.1) is 0 Å². The maximum atomic E-state index is 12.8. The first-order valence-electron chi connectivity index (χ1n) is 9.38. The van der Waals surface area contributed by atoms with Crippen molar-refractivity contribution in [1.82, 2.24) is 4.98 Å². The quantitative estimate of drug-likeness (QED) is 0.534. The molecule has 0 amide bonds. The number of fused-ring (bicyclic) bond motifs is 1. The van der Waals surface area contributed by atoms with Gasteiger partial charge in [-0.05, 0) is 30.3 Å². The van der Waals surface area contributed by atoms with Crippen LogP contribution in [0.4, 0.5) is 11.4 Å². The van der Waals surface area contributed by atoms with Gasteiger partial charge in [-0.3, -0.25) is 4.98 Å². The molecule has 1 aliphatic heterocycles. The maximum absolute atomic E-state index is 12.8. The lowest BCUT2D eigenvalue weighted by Gasteiger charge is -2.32. The van der Waals surface area contributed by atoms with E-state index in [1.54, 1.807) is 12.3 Å². The molecule has 7 heteroatoms. The third-order valence-corrected chi connectivity index (χ3v) is 5.99. The van der Waals surface area contributed by atoms with E-state index in [4.69, 9.17) is 27.9 Å². The van der Waals surface area contributed by atoms with Crippen LogP contribution in [0.2, 0.25) is 10.0 Å². The molecule has 1 aliphatic rings. The smallest absolute Gasteiger partial charge is 0.341 e. The molecule has 0 aliphatic carbocycles. The minimum Gasteiger partial charge on any atom is -0.440 e. The van der Waals surface area contributed by atoms with E-state index in [1.807, 2.05) is 74.4 Å². The Balaban J connectivity index is 2.03. The van der Waals surface area contributed by atoms with Crippen LogP contribution < -0.4 is 9.80 Å². The number of carbonyl (C=O) groups excluding carboxylic acids is 1. The molecule has 1 aromatic heterocycles. The Morgan fingerprint density at radius 3 is 1.83 bits per heavy atom. The van der Waals surface area contributed by atoms with Gasteiger partial charge in [-0.25, -0.2) is 4.79 Å². The molecule has 4 rings (SSSR count). The molecule has 0 atom stereocenters. The molecule has 3 aromatic rings. The Morgan fingerprint density at radius 2 is 1.37 bits per heavy atom. The van der Waals surface area contributed by atoms with Crippen molar-refractivity contribution >= 4 is 40.5 Å². The number of pyridine rings is 1. The van der Waals surface area contributed by atoms with Crippen molar-refractivity contribution in [1.29, 1.82) is 0 Å². The van der Waals surface area contributed by atoms with Crippen molar-refractivity contribution in [3.05, 3.63) is 87.2 Å². The predicted octanol–water partition coefficient (Wildman–Crippen LogP) is 4.98. The number of cyclic esters (lactones) is 1. The van der Waals surface area contributed by atoms with Crippen LogP contribution in [0.25, 0.3) is 0 Å². The van der Waals surface area contributed by atoms with E-state index in [9.17, 15) is 4.79 Å². The molecular formula is C23H21Cl2N3O2. The molecule has 154 valence electrons. The molecule has 0 saturated heterocycles. The Labute approximate surface area is 185 Å². The SMILES string of the molecule is CN(C)c1ccc(C2(c3ccc(N(C)C)cc3Cl)OC(=O)c3cnccc32)c(Cl)c1. The van der Waals surface area contributed by atoms with Crippen LogP contribution in [-0.2, 0) is 10.3 Å². The summed E-state index contributed by atoms with van der Waals surface area (Å²) in [6, 6.07) is 13.2. The van der Waals surface area contributed by atoms with Crippen LogP contribution in [-0.4, -0.2) is 39.1 Å². The van der Waals surface area contributed by atoms with Gasteiger partial charge in [-0.2, -0.15) is 0 Å². The number of esters is 1. The third-order valence-electron chi connectivity index (χ3n) is 5.36. The zero-order valence-corrected chi connectivity index (χ0v) is 18.6. The summed E-state index contributed by atoms with van der Waals surface area (Å²) >= 11 is 13.5. The van der Waals surface area contributed by atoms with Gasteiger partial charge in [0.2, 0.25) is 0 Å². The predicted molar refractivity (Wildman–Crippen MR) is 121 cm³/mol. The summed E-state index contributed by atoms with van der Waals surface area (Å²) in [5.74, 6) is -0.460. The molecule has 0 bridgehead atoms. The van der Waals surface area contributed by atoms with Gasteiger partial charge in [0.15, 0.2) is 5.60 Å². The van der Waals surface area contributed by atoms with Gasteiger partial charge in [0.25, 0.3) is 0 Å². The topological polar surface area (TPSA) is 45.7 Å². The van der Waals surface area contributed by atoms with Crippen molar-refractivity contribution in [2.45, 2.75) is 5.60 Å². The Morgan fingerprint density at radius 1 is 0.833 bits per heavy atom. The first-order chi connectivity index (χ1) is 14.3. The van der Waals surface area contributed by atoms with Gasteiger partial charge < -0.3 is 14.5 Å². The Kier molecular flexibility index (Phi) is 5.12. The van der Waals surface area contributed by atoms with E-state index in [0.717, 1.165) is 11.4 Å². The number of ether oxygens (including phenoxy) is 1. The lowest BCUT2D eigenvalue weighted by atomic mass is 9.80. The zero-order chi connectivity index (χ0) is 21.6.